The van der Waals surface area contributed by atoms with Crippen molar-refractivity contribution in [2.24, 2.45) is 7.05 Å². The Kier molecular flexibility index (Phi) is 4.19. The predicted octanol–water partition coefficient (Wildman–Crippen LogP) is 1.92. The van der Waals surface area contributed by atoms with Crippen molar-refractivity contribution >= 4 is 11.9 Å². The molecule has 0 spiro atoms. The summed E-state index contributed by atoms with van der Waals surface area (Å²) in [7, 11) is 3.46. The molecule has 0 radical (unpaired) electrons. The minimum absolute atomic E-state index is 0.0637. The quantitative estimate of drug-likeness (QED) is 0.610. The van der Waals surface area contributed by atoms with Crippen molar-refractivity contribution in [3.63, 3.8) is 0 Å². The Bertz CT molecular complexity index is 432. The fourth-order valence-electron chi connectivity index (χ4n) is 1.40. The number of nitrogens with one attached hydrogen (secondary N) is 1. The van der Waals surface area contributed by atoms with Gasteiger partial charge in [-0.25, -0.2) is 4.39 Å². The van der Waals surface area contributed by atoms with Crippen molar-refractivity contribution in [3.05, 3.63) is 42.0 Å². The highest BCUT2D eigenvalue weighted by atomic mass is 19.1. The number of hydrogen-bond donors (Lipinski definition) is 1. The van der Waals surface area contributed by atoms with Crippen LogP contribution in [0, 0.1) is 0 Å². The first-order valence-corrected chi connectivity index (χ1v) is 4.93. The molecule has 0 amide bonds. The third-order valence-electron chi connectivity index (χ3n) is 2.23. The van der Waals surface area contributed by atoms with Gasteiger partial charge in [0.15, 0.2) is 5.78 Å². The number of Topliss-reactive ketones (excluding diaryl/α,β-unsaturated/α-hetero) is 1. The molecular formula is C12H15FN2O. The molecule has 0 saturated carbocycles. The molecule has 0 bridgehead atoms. The number of carbonyl (C=O) groups excluding carboxylic acids is 1. The van der Waals surface area contributed by atoms with E-state index in [1.54, 1.807) is 30.9 Å². The van der Waals surface area contributed by atoms with Crippen LogP contribution in [-0.4, -0.2) is 23.9 Å². The summed E-state index contributed by atoms with van der Waals surface area (Å²) in [6.45, 7) is 3.57. The number of halogens is 1. The summed E-state index contributed by atoms with van der Waals surface area (Å²) >= 11 is 0. The summed E-state index contributed by atoms with van der Waals surface area (Å²) in [5.41, 5.74) is 1.06. The molecule has 0 unspecified atom stereocenters. The third kappa shape index (κ3) is 2.67. The Hall–Kier alpha value is -1.68. The van der Waals surface area contributed by atoms with Gasteiger partial charge in [-0.2, -0.15) is 0 Å². The Balaban J connectivity index is 3.12. The molecule has 0 fully saturated rings. The molecular weight excluding hydrogens is 207 g/mol. The number of likely N-dealkylation sites (N-methyl/N-ethyl adjacent to an activating group) is 1. The van der Waals surface area contributed by atoms with Crippen LogP contribution in [0.5, 0.6) is 0 Å². The van der Waals surface area contributed by atoms with Gasteiger partial charge in [-0.3, -0.25) is 4.79 Å². The van der Waals surface area contributed by atoms with E-state index in [1.807, 2.05) is 0 Å². The van der Waals surface area contributed by atoms with Crippen LogP contribution in [0.1, 0.15) is 16.1 Å². The number of carbonyl (C=O) groups is 1. The van der Waals surface area contributed by atoms with E-state index in [0.717, 1.165) is 6.08 Å². The lowest BCUT2D eigenvalue weighted by atomic mass is 10.1. The van der Waals surface area contributed by atoms with Crippen molar-refractivity contribution in [2.45, 2.75) is 0 Å². The Morgan fingerprint density at radius 1 is 1.69 bits per heavy atom. The standard InChI is InChI=1S/C12H15FN2O/c1-4-9(13)7-11-10(5-6-15(11)3)12(16)8-14-2/h4-7,14H,1,8H2,2-3H3/b9-7+. The second kappa shape index (κ2) is 5.42. The van der Waals surface area contributed by atoms with Crippen molar-refractivity contribution in [1.29, 1.82) is 0 Å². The van der Waals surface area contributed by atoms with Gasteiger partial charge in [-0.05, 0) is 25.3 Å². The Labute approximate surface area is 94.3 Å². The Morgan fingerprint density at radius 3 is 2.94 bits per heavy atom. The van der Waals surface area contributed by atoms with Crippen molar-refractivity contribution in [3.8, 4) is 0 Å². The average Bonchev–Trinajstić information content (AvgIpc) is 2.61. The fraction of sp³-hybridized carbons (Fsp3) is 0.250. The van der Waals surface area contributed by atoms with Crippen LogP contribution in [0.15, 0.2) is 30.7 Å². The van der Waals surface area contributed by atoms with E-state index in [0.29, 0.717) is 11.3 Å². The first-order valence-electron chi connectivity index (χ1n) is 4.93. The van der Waals surface area contributed by atoms with Crippen LogP contribution >= 0.6 is 0 Å². The van der Waals surface area contributed by atoms with Gasteiger partial charge in [0.05, 0.1) is 12.2 Å². The number of ketones is 1. The highest BCUT2D eigenvalue weighted by molar-refractivity contribution is 6.00. The van der Waals surface area contributed by atoms with E-state index in [4.69, 9.17) is 0 Å². The van der Waals surface area contributed by atoms with E-state index in [9.17, 15) is 9.18 Å². The summed E-state index contributed by atoms with van der Waals surface area (Å²) in [6.07, 6.45) is 4.14. The number of hydrogen-bond acceptors (Lipinski definition) is 2. The maximum atomic E-state index is 13.1. The van der Waals surface area contributed by atoms with Crippen LogP contribution in [-0.2, 0) is 7.05 Å². The summed E-state index contributed by atoms with van der Waals surface area (Å²) < 4.78 is 14.8. The van der Waals surface area contributed by atoms with Gasteiger partial charge in [0.1, 0.15) is 5.83 Å². The van der Waals surface area contributed by atoms with E-state index in [-0.39, 0.29) is 12.3 Å². The molecule has 0 aromatic carbocycles. The normalized spacial score (nSPS) is 11.6. The van der Waals surface area contributed by atoms with Gasteiger partial charge in [-0.1, -0.05) is 6.58 Å². The molecule has 0 aliphatic heterocycles. The minimum atomic E-state index is -0.458. The lowest BCUT2D eigenvalue weighted by molar-refractivity contribution is 0.0993. The zero-order chi connectivity index (χ0) is 12.1. The van der Waals surface area contributed by atoms with E-state index >= 15 is 0 Å². The molecule has 1 N–H and O–H groups in total. The second-order valence-electron chi connectivity index (χ2n) is 3.41. The lowest BCUT2D eigenvalue weighted by Gasteiger charge is -2.02. The SMILES string of the molecule is C=C/C(F)=C\c1c(C(=O)CNC)ccn1C. The summed E-state index contributed by atoms with van der Waals surface area (Å²) in [5.74, 6) is -0.522. The highest BCUT2D eigenvalue weighted by Gasteiger charge is 2.12. The largest absolute Gasteiger partial charge is 0.350 e. The first-order chi connectivity index (χ1) is 7.60. The van der Waals surface area contributed by atoms with Crippen molar-refractivity contribution in [2.75, 3.05) is 13.6 Å². The zero-order valence-corrected chi connectivity index (χ0v) is 9.46. The molecule has 0 atom stereocenters. The number of aromatic nitrogens is 1. The van der Waals surface area contributed by atoms with Gasteiger partial charge in [0.2, 0.25) is 0 Å². The van der Waals surface area contributed by atoms with E-state index in [1.165, 1.54) is 6.08 Å². The number of allylic oxidation sites excluding steroid dienone is 2. The molecule has 3 nitrogen and oxygen atoms in total. The van der Waals surface area contributed by atoms with Gasteiger partial charge in [0, 0.05) is 18.8 Å². The molecule has 0 aliphatic rings. The van der Waals surface area contributed by atoms with Crippen LogP contribution in [0.25, 0.3) is 6.08 Å². The Morgan fingerprint density at radius 2 is 2.38 bits per heavy atom. The predicted molar refractivity (Wildman–Crippen MR) is 63.0 cm³/mol. The van der Waals surface area contributed by atoms with Gasteiger partial charge in [0.25, 0.3) is 0 Å². The molecule has 4 heteroatoms. The summed E-state index contributed by atoms with van der Waals surface area (Å²) in [5, 5.41) is 2.78. The zero-order valence-electron chi connectivity index (χ0n) is 9.46. The van der Waals surface area contributed by atoms with Gasteiger partial charge in [-0.15, -0.1) is 0 Å². The lowest BCUT2D eigenvalue weighted by Crippen LogP contribution is -2.19. The minimum Gasteiger partial charge on any atom is -0.350 e. The average molecular weight is 222 g/mol. The van der Waals surface area contributed by atoms with Crippen molar-refractivity contribution < 1.29 is 9.18 Å². The molecule has 1 heterocycles. The third-order valence-corrected chi connectivity index (χ3v) is 2.23. The van der Waals surface area contributed by atoms with E-state index < -0.39 is 5.83 Å². The monoisotopic (exact) mass is 222 g/mol. The van der Waals surface area contributed by atoms with E-state index in [2.05, 4.69) is 11.9 Å². The topological polar surface area (TPSA) is 34.0 Å². The number of nitrogens with zero attached hydrogens (tertiary/aromatic N) is 1. The van der Waals surface area contributed by atoms with Crippen LogP contribution in [0.4, 0.5) is 4.39 Å². The fourth-order valence-corrected chi connectivity index (χ4v) is 1.40. The highest BCUT2D eigenvalue weighted by Crippen LogP contribution is 2.15. The maximum absolute atomic E-state index is 13.1. The van der Waals surface area contributed by atoms with Crippen LogP contribution < -0.4 is 5.32 Å². The number of aryl methyl sites for hydroxylation is 1. The van der Waals surface area contributed by atoms with Crippen LogP contribution in [0.3, 0.4) is 0 Å². The molecule has 86 valence electrons. The summed E-state index contributed by atoms with van der Waals surface area (Å²) in [4.78, 5) is 11.7. The molecule has 0 aliphatic carbocycles. The molecule has 1 rings (SSSR count). The first kappa shape index (κ1) is 12.4. The van der Waals surface area contributed by atoms with Gasteiger partial charge < -0.3 is 9.88 Å². The van der Waals surface area contributed by atoms with Gasteiger partial charge >= 0.3 is 0 Å². The van der Waals surface area contributed by atoms with Crippen LogP contribution in [0.2, 0.25) is 0 Å². The summed E-state index contributed by atoms with van der Waals surface area (Å²) in [6, 6.07) is 1.68. The maximum Gasteiger partial charge on any atom is 0.178 e. The van der Waals surface area contributed by atoms with Crippen molar-refractivity contribution in [1.82, 2.24) is 9.88 Å². The molecule has 16 heavy (non-hydrogen) atoms. The number of rotatable bonds is 5. The molecule has 0 saturated heterocycles. The smallest absolute Gasteiger partial charge is 0.178 e. The molecule has 1 aromatic heterocycles. The molecule has 1 aromatic rings. The second-order valence-corrected chi connectivity index (χ2v) is 3.41.